The lowest BCUT2D eigenvalue weighted by Crippen LogP contribution is -2.55. The molecule has 2 unspecified atom stereocenters. The molecular weight excluding hydrogens is 284 g/mol. The van der Waals surface area contributed by atoms with E-state index in [2.05, 4.69) is 5.32 Å². The number of hydrogen-bond acceptors (Lipinski definition) is 5. The van der Waals surface area contributed by atoms with Crippen LogP contribution in [0.3, 0.4) is 0 Å². The summed E-state index contributed by atoms with van der Waals surface area (Å²) in [5, 5.41) is 3.55. The second-order valence-electron chi connectivity index (χ2n) is 7.21. The molecule has 1 heterocycles. The minimum atomic E-state index is -0.472. The quantitative estimate of drug-likeness (QED) is 0.807. The number of hydrogen-bond donors (Lipinski definition) is 1. The highest BCUT2D eigenvalue weighted by atomic mass is 16.6. The molecule has 128 valence electrons. The fourth-order valence-corrected chi connectivity index (χ4v) is 2.71. The van der Waals surface area contributed by atoms with Crippen LogP contribution in [-0.4, -0.2) is 68.7 Å². The van der Waals surface area contributed by atoms with Crippen molar-refractivity contribution < 1.29 is 19.0 Å². The van der Waals surface area contributed by atoms with E-state index >= 15 is 0 Å². The number of carbonyl (C=O) groups is 1. The Bertz CT molecular complexity index is 366. The average molecular weight is 314 g/mol. The molecule has 0 aromatic carbocycles. The highest BCUT2D eigenvalue weighted by Crippen LogP contribution is 2.32. The smallest absolute Gasteiger partial charge is 0.410 e. The van der Waals surface area contributed by atoms with E-state index in [0.29, 0.717) is 44.9 Å². The molecule has 6 nitrogen and oxygen atoms in total. The van der Waals surface area contributed by atoms with E-state index in [0.717, 1.165) is 0 Å². The second kappa shape index (κ2) is 7.62. The van der Waals surface area contributed by atoms with Gasteiger partial charge in [-0.3, -0.25) is 4.90 Å². The molecule has 6 heteroatoms. The van der Waals surface area contributed by atoms with Crippen LogP contribution < -0.4 is 5.32 Å². The number of morpholine rings is 1. The number of nitrogens with one attached hydrogen (secondary N) is 1. The van der Waals surface area contributed by atoms with Crippen LogP contribution in [0.4, 0.5) is 4.79 Å². The van der Waals surface area contributed by atoms with Gasteiger partial charge in [0.2, 0.25) is 0 Å². The van der Waals surface area contributed by atoms with Crippen molar-refractivity contribution in [3.05, 3.63) is 0 Å². The maximum absolute atomic E-state index is 12.3. The molecule has 1 saturated heterocycles. The van der Waals surface area contributed by atoms with Crippen molar-refractivity contribution >= 4 is 6.09 Å². The van der Waals surface area contributed by atoms with Crippen molar-refractivity contribution in [3.63, 3.8) is 0 Å². The monoisotopic (exact) mass is 314 g/mol. The van der Waals surface area contributed by atoms with E-state index in [4.69, 9.17) is 14.2 Å². The van der Waals surface area contributed by atoms with Crippen LogP contribution in [-0.2, 0) is 14.2 Å². The van der Waals surface area contributed by atoms with Gasteiger partial charge in [-0.1, -0.05) is 0 Å². The highest BCUT2D eigenvalue weighted by Gasteiger charge is 2.34. The van der Waals surface area contributed by atoms with Crippen molar-refractivity contribution in [2.24, 2.45) is 5.92 Å². The van der Waals surface area contributed by atoms with Gasteiger partial charge in [0.05, 0.1) is 25.9 Å². The molecule has 1 saturated carbocycles. The molecule has 1 aliphatic carbocycles. The van der Waals surface area contributed by atoms with Gasteiger partial charge in [-0.05, 0) is 39.5 Å². The Balaban J connectivity index is 1.87. The number of methoxy groups -OCH3 is 1. The SMILES string of the molecule is COCC(NCC1COCCN1C(=O)OC(C)(C)C)C1CC1. The maximum Gasteiger partial charge on any atom is 0.410 e. The van der Waals surface area contributed by atoms with Gasteiger partial charge in [0, 0.05) is 26.2 Å². The molecule has 1 aliphatic heterocycles. The third-order valence-electron chi connectivity index (χ3n) is 4.01. The molecule has 0 spiro atoms. The molecule has 22 heavy (non-hydrogen) atoms. The van der Waals surface area contributed by atoms with Crippen LogP contribution in [0.15, 0.2) is 0 Å². The Morgan fingerprint density at radius 1 is 1.41 bits per heavy atom. The molecule has 0 bridgehead atoms. The summed E-state index contributed by atoms with van der Waals surface area (Å²) in [6, 6.07) is 0.383. The predicted molar refractivity (Wildman–Crippen MR) is 83.9 cm³/mol. The van der Waals surface area contributed by atoms with Crippen LogP contribution in [0.2, 0.25) is 0 Å². The van der Waals surface area contributed by atoms with E-state index < -0.39 is 5.60 Å². The molecule has 2 atom stereocenters. The molecule has 1 N–H and O–H groups in total. The molecule has 0 radical (unpaired) electrons. The zero-order valence-electron chi connectivity index (χ0n) is 14.3. The summed E-state index contributed by atoms with van der Waals surface area (Å²) < 4.78 is 16.3. The van der Waals surface area contributed by atoms with Crippen LogP contribution in [0, 0.1) is 5.92 Å². The lowest BCUT2D eigenvalue weighted by atomic mass is 10.1. The zero-order chi connectivity index (χ0) is 16.2. The van der Waals surface area contributed by atoms with Crippen LogP contribution in [0.1, 0.15) is 33.6 Å². The van der Waals surface area contributed by atoms with Gasteiger partial charge < -0.3 is 19.5 Å². The summed E-state index contributed by atoms with van der Waals surface area (Å²) in [6.45, 7) is 8.80. The molecule has 1 amide bonds. The predicted octanol–water partition coefficient (Wildman–Crippen LogP) is 1.64. The summed E-state index contributed by atoms with van der Waals surface area (Å²) >= 11 is 0. The lowest BCUT2D eigenvalue weighted by Gasteiger charge is -2.37. The van der Waals surface area contributed by atoms with E-state index in [-0.39, 0.29) is 12.1 Å². The summed E-state index contributed by atoms with van der Waals surface area (Å²) in [6.07, 6.45) is 2.27. The fourth-order valence-electron chi connectivity index (χ4n) is 2.71. The Morgan fingerprint density at radius 3 is 2.73 bits per heavy atom. The van der Waals surface area contributed by atoms with E-state index in [9.17, 15) is 4.79 Å². The van der Waals surface area contributed by atoms with Gasteiger partial charge in [-0.2, -0.15) is 0 Å². The Kier molecular flexibility index (Phi) is 6.06. The van der Waals surface area contributed by atoms with E-state index in [1.54, 1.807) is 12.0 Å². The van der Waals surface area contributed by atoms with Gasteiger partial charge in [0.15, 0.2) is 0 Å². The van der Waals surface area contributed by atoms with Gasteiger partial charge >= 0.3 is 6.09 Å². The van der Waals surface area contributed by atoms with E-state index in [1.165, 1.54) is 12.8 Å². The topological polar surface area (TPSA) is 60.0 Å². The molecule has 0 aromatic heterocycles. The Morgan fingerprint density at radius 2 is 2.14 bits per heavy atom. The van der Waals surface area contributed by atoms with Crippen molar-refractivity contribution in [1.29, 1.82) is 0 Å². The first-order valence-corrected chi connectivity index (χ1v) is 8.20. The standard InChI is InChI=1S/C16H30N2O4/c1-16(2,3)22-15(19)18-7-8-21-10-13(18)9-17-14(11-20-4)12-5-6-12/h12-14,17H,5-11H2,1-4H3. The maximum atomic E-state index is 12.3. The van der Waals surface area contributed by atoms with Gasteiger partial charge in [-0.25, -0.2) is 4.79 Å². The third kappa shape index (κ3) is 5.41. The lowest BCUT2D eigenvalue weighted by molar-refractivity contribution is -0.0327. The van der Waals surface area contributed by atoms with E-state index in [1.807, 2.05) is 20.8 Å². The van der Waals surface area contributed by atoms with Crippen molar-refractivity contribution in [1.82, 2.24) is 10.2 Å². The second-order valence-corrected chi connectivity index (χ2v) is 7.21. The number of rotatable bonds is 6. The third-order valence-corrected chi connectivity index (χ3v) is 4.01. The summed E-state index contributed by atoms with van der Waals surface area (Å²) in [5.41, 5.74) is -0.472. The molecule has 0 aromatic rings. The van der Waals surface area contributed by atoms with Crippen molar-refractivity contribution in [3.8, 4) is 0 Å². The number of carbonyl (C=O) groups excluding carboxylic acids is 1. The van der Waals surface area contributed by atoms with Gasteiger partial charge in [0.1, 0.15) is 5.60 Å². The number of nitrogens with zero attached hydrogens (tertiary/aromatic N) is 1. The van der Waals surface area contributed by atoms with Crippen molar-refractivity contribution in [2.75, 3.05) is 40.0 Å². The van der Waals surface area contributed by atoms with Gasteiger partial charge in [-0.15, -0.1) is 0 Å². The largest absolute Gasteiger partial charge is 0.444 e. The van der Waals surface area contributed by atoms with Crippen molar-refractivity contribution in [2.45, 2.75) is 51.3 Å². The Labute approximate surface area is 133 Å². The summed E-state index contributed by atoms with van der Waals surface area (Å²) in [7, 11) is 1.73. The first-order valence-electron chi connectivity index (χ1n) is 8.20. The molecular formula is C16H30N2O4. The van der Waals surface area contributed by atoms with Gasteiger partial charge in [0.25, 0.3) is 0 Å². The fraction of sp³-hybridized carbons (Fsp3) is 0.938. The molecule has 2 rings (SSSR count). The average Bonchev–Trinajstić information content (AvgIpc) is 3.26. The number of ether oxygens (including phenoxy) is 3. The first kappa shape index (κ1) is 17.5. The molecule has 2 fully saturated rings. The van der Waals surface area contributed by atoms with Crippen LogP contribution in [0.25, 0.3) is 0 Å². The minimum Gasteiger partial charge on any atom is -0.444 e. The van der Waals surface area contributed by atoms with Crippen LogP contribution >= 0.6 is 0 Å². The highest BCUT2D eigenvalue weighted by molar-refractivity contribution is 5.68. The number of amides is 1. The van der Waals surface area contributed by atoms with Crippen LogP contribution in [0.5, 0.6) is 0 Å². The Hall–Kier alpha value is -0.850. The molecule has 2 aliphatic rings. The normalized spacial score (nSPS) is 24.2. The zero-order valence-corrected chi connectivity index (χ0v) is 14.3. The summed E-state index contributed by atoms with van der Waals surface area (Å²) in [5.74, 6) is 0.708. The first-order chi connectivity index (χ1) is 10.4. The summed E-state index contributed by atoms with van der Waals surface area (Å²) in [4.78, 5) is 14.1. The minimum absolute atomic E-state index is 0.0155.